The zero-order valence-electron chi connectivity index (χ0n) is 8.04. The fourth-order valence-electron chi connectivity index (χ4n) is 1.99. The third-order valence-corrected chi connectivity index (χ3v) is 3.07. The molecule has 1 aromatic rings. The lowest BCUT2D eigenvalue weighted by atomic mass is 10.1. The van der Waals surface area contributed by atoms with E-state index in [1.54, 1.807) is 0 Å². The summed E-state index contributed by atoms with van der Waals surface area (Å²) in [5.41, 5.74) is 2.62. The van der Waals surface area contributed by atoms with E-state index in [0.717, 1.165) is 13.0 Å². The van der Waals surface area contributed by atoms with Crippen molar-refractivity contribution in [3.05, 3.63) is 48.0 Å². The van der Waals surface area contributed by atoms with E-state index in [9.17, 15) is 0 Å². The van der Waals surface area contributed by atoms with Crippen LogP contribution in [0.1, 0.15) is 29.0 Å². The summed E-state index contributed by atoms with van der Waals surface area (Å²) in [7, 11) is 0. The number of nitrogens with one attached hydrogen (secondary N) is 1. The molecule has 0 spiro atoms. The van der Waals surface area contributed by atoms with Gasteiger partial charge in [0.1, 0.15) is 0 Å². The summed E-state index contributed by atoms with van der Waals surface area (Å²) < 4.78 is 0. The molecule has 1 aliphatic rings. The van der Waals surface area contributed by atoms with Crippen molar-refractivity contribution in [1.29, 1.82) is 0 Å². The van der Waals surface area contributed by atoms with E-state index in [4.69, 9.17) is 11.6 Å². The van der Waals surface area contributed by atoms with Crippen molar-refractivity contribution in [3.63, 3.8) is 0 Å². The Hall–Kier alpha value is -0.790. The molecule has 0 aromatic heterocycles. The van der Waals surface area contributed by atoms with Crippen LogP contribution in [0.5, 0.6) is 0 Å². The molecule has 0 saturated carbocycles. The maximum Gasteiger partial charge on any atom is 0.0606 e. The monoisotopic (exact) mass is 207 g/mol. The first-order valence-corrected chi connectivity index (χ1v) is 5.33. The number of benzene rings is 1. The molecule has 1 N–H and O–H groups in total. The predicted octanol–water partition coefficient (Wildman–Crippen LogP) is 3.19. The summed E-state index contributed by atoms with van der Waals surface area (Å²) in [5.74, 6) is 0. The van der Waals surface area contributed by atoms with E-state index in [1.807, 2.05) is 12.1 Å². The van der Waals surface area contributed by atoms with Crippen molar-refractivity contribution in [2.75, 3.05) is 6.54 Å². The maximum atomic E-state index is 6.25. The van der Waals surface area contributed by atoms with E-state index in [0.29, 0.717) is 6.04 Å². The summed E-state index contributed by atoms with van der Waals surface area (Å²) in [6, 6.07) is 8.77. The smallest absolute Gasteiger partial charge is 0.0606 e. The van der Waals surface area contributed by atoms with Gasteiger partial charge in [-0.1, -0.05) is 30.3 Å². The van der Waals surface area contributed by atoms with Crippen LogP contribution >= 0.6 is 11.6 Å². The molecule has 1 aromatic carbocycles. The first-order valence-electron chi connectivity index (χ1n) is 4.90. The van der Waals surface area contributed by atoms with Gasteiger partial charge in [-0.3, -0.25) is 0 Å². The molecule has 0 amide bonds. The molecule has 14 heavy (non-hydrogen) atoms. The third-order valence-electron chi connectivity index (χ3n) is 2.66. The van der Waals surface area contributed by atoms with Crippen LogP contribution in [-0.4, -0.2) is 6.54 Å². The van der Waals surface area contributed by atoms with E-state index in [2.05, 4.69) is 30.1 Å². The van der Waals surface area contributed by atoms with Crippen LogP contribution in [0.2, 0.25) is 0 Å². The van der Waals surface area contributed by atoms with Gasteiger partial charge in [0.15, 0.2) is 0 Å². The van der Waals surface area contributed by atoms with Gasteiger partial charge < -0.3 is 5.32 Å². The Kier molecular flexibility index (Phi) is 2.90. The Morgan fingerprint density at radius 3 is 2.86 bits per heavy atom. The SMILES string of the molecule is C=CCN[C@@H]1C[C@H](Cl)c2ccccc21. The van der Waals surface area contributed by atoms with Gasteiger partial charge in [-0.2, -0.15) is 0 Å². The highest BCUT2D eigenvalue weighted by Gasteiger charge is 2.28. The summed E-state index contributed by atoms with van der Waals surface area (Å²) >= 11 is 6.25. The van der Waals surface area contributed by atoms with Crippen molar-refractivity contribution in [3.8, 4) is 0 Å². The van der Waals surface area contributed by atoms with Gasteiger partial charge in [-0.25, -0.2) is 0 Å². The van der Waals surface area contributed by atoms with Crippen LogP contribution in [0.15, 0.2) is 36.9 Å². The van der Waals surface area contributed by atoms with Crippen LogP contribution in [0.3, 0.4) is 0 Å². The standard InChI is InChI=1S/C12H14ClN/c1-2-7-14-12-8-11(13)9-5-3-4-6-10(9)12/h2-6,11-12,14H,1,7-8H2/t11-,12+/m0/s1. The lowest BCUT2D eigenvalue weighted by Gasteiger charge is -2.11. The number of hydrogen-bond donors (Lipinski definition) is 1. The quantitative estimate of drug-likeness (QED) is 0.593. The molecule has 2 atom stereocenters. The molecule has 2 rings (SSSR count). The number of halogens is 1. The van der Waals surface area contributed by atoms with Gasteiger partial charge in [0.2, 0.25) is 0 Å². The Bertz CT molecular complexity index is 335. The molecule has 0 unspecified atom stereocenters. The topological polar surface area (TPSA) is 12.0 Å². The molecule has 0 radical (unpaired) electrons. The predicted molar refractivity (Wildman–Crippen MR) is 60.6 cm³/mol. The molecule has 0 heterocycles. The summed E-state index contributed by atoms with van der Waals surface area (Å²) in [6.45, 7) is 4.54. The second-order valence-electron chi connectivity index (χ2n) is 3.58. The van der Waals surface area contributed by atoms with Crippen molar-refractivity contribution in [2.45, 2.75) is 17.8 Å². The minimum absolute atomic E-state index is 0.161. The number of alkyl halides is 1. The molecule has 0 bridgehead atoms. The molecule has 74 valence electrons. The highest BCUT2D eigenvalue weighted by atomic mass is 35.5. The van der Waals surface area contributed by atoms with E-state index < -0.39 is 0 Å². The van der Waals surface area contributed by atoms with Crippen molar-refractivity contribution in [2.24, 2.45) is 0 Å². The van der Waals surface area contributed by atoms with Gasteiger partial charge >= 0.3 is 0 Å². The van der Waals surface area contributed by atoms with Crippen molar-refractivity contribution in [1.82, 2.24) is 5.32 Å². The van der Waals surface area contributed by atoms with Crippen LogP contribution < -0.4 is 5.32 Å². The van der Waals surface area contributed by atoms with Gasteiger partial charge in [0, 0.05) is 12.6 Å². The average molecular weight is 208 g/mol. The van der Waals surface area contributed by atoms with Gasteiger partial charge in [-0.15, -0.1) is 18.2 Å². The minimum atomic E-state index is 0.161. The van der Waals surface area contributed by atoms with Crippen LogP contribution in [0.4, 0.5) is 0 Å². The summed E-state index contributed by atoms with van der Waals surface area (Å²) in [5, 5.41) is 3.58. The van der Waals surface area contributed by atoms with Crippen LogP contribution in [0.25, 0.3) is 0 Å². The lowest BCUT2D eigenvalue weighted by molar-refractivity contribution is 0.559. The molecule has 2 heteroatoms. The second-order valence-corrected chi connectivity index (χ2v) is 4.11. The zero-order valence-corrected chi connectivity index (χ0v) is 8.80. The van der Waals surface area contributed by atoms with Crippen LogP contribution in [-0.2, 0) is 0 Å². The second kappa shape index (κ2) is 4.16. The lowest BCUT2D eigenvalue weighted by Crippen LogP contribution is -2.18. The maximum absolute atomic E-state index is 6.25. The Morgan fingerprint density at radius 2 is 2.14 bits per heavy atom. The largest absolute Gasteiger partial charge is 0.306 e. The Labute approximate surface area is 89.8 Å². The Morgan fingerprint density at radius 1 is 1.43 bits per heavy atom. The van der Waals surface area contributed by atoms with E-state index >= 15 is 0 Å². The normalized spacial score (nSPS) is 24.6. The molecule has 1 nitrogen and oxygen atoms in total. The first-order chi connectivity index (χ1) is 6.83. The van der Waals surface area contributed by atoms with Crippen molar-refractivity contribution < 1.29 is 0 Å². The molecular formula is C12H14ClN. The fourth-order valence-corrected chi connectivity index (χ4v) is 2.37. The Balaban J connectivity index is 2.21. The van der Waals surface area contributed by atoms with E-state index in [-0.39, 0.29) is 5.38 Å². The molecule has 0 aliphatic heterocycles. The van der Waals surface area contributed by atoms with Crippen LogP contribution in [0, 0.1) is 0 Å². The highest BCUT2D eigenvalue weighted by Crippen LogP contribution is 2.42. The molecule has 0 fully saturated rings. The molecule has 0 saturated heterocycles. The zero-order chi connectivity index (χ0) is 9.97. The molecule has 1 aliphatic carbocycles. The average Bonchev–Trinajstić information content (AvgIpc) is 2.54. The van der Waals surface area contributed by atoms with Gasteiger partial charge in [0.05, 0.1) is 5.38 Å². The number of fused-ring (bicyclic) bond motifs is 1. The number of hydrogen-bond acceptors (Lipinski definition) is 1. The fraction of sp³-hybridized carbons (Fsp3) is 0.333. The third kappa shape index (κ3) is 1.70. The summed E-state index contributed by atoms with van der Waals surface area (Å²) in [4.78, 5) is 0. The highest BCUT2D eigenvalue weighted by molar-refractivity contribution is 6.21. The van der Waals surface area contributed by atoms with Gasteiger partial charge in [0.25, 0.3) is 0 Å². The first kappa shape index (κ1) is 9.75. The molecular weight excluding hydrogens is 194 g/mol. The van der Waals surface area contributed by atoms with Crippen molar-refractivity contribution >= 4 is 11.6 Å². The van der Waals surface area contributed by atoms with E-state index in [1.165, 1.54) is 11.1 Å². The number of rotatable bonds is 3. The van der Waals surface area contributed by atoms with Gasteiger partial charge in [-0.05, 0) is 17.5 Å². The summed E-state index contributed by atoms with van der Waals surface area (Å²) in [6.07, 6.45) is 2.86. The minimum Gasteiger partial charge on any atom is -0.306 e.